The zero-order valence-electron chi connectivity index (χ0n) is 24.0. The summed E-state index contributed by atoms with van der Waals surface area (Å²) in [6.45, 7) is 0. The van der Waals surface area contributed by atoms with Crippen LogP contribution in [0.15, 0.2) is 140 Å². The van der Waals surface area contributed by atoms with Gasteiger partial charge in [0, 0.05) is 39.5 Å². The Morgan fingerprint density at radius 3 is 2.04 bits per heavy atom. The molecular formula is C40H23N5. The predicted molar refractivity (Wildman–Crippen MR) is 184 cm³/mol. The number of para-hydroxylation sites is 2. The largest absolute Gasteiger partial charge is 0.290 e. The molecule has 0 N–H and O–H groups in total. The van der Waals surface area contributed by atoms with Crippen molar-refractivity contribution in [3.63, 3.8) is 0 Å². The maximum Gasteiger partial charge on any atom is 0.147 e. The minimum atomic E-state index is 0.924. The van der Waals surface area contributed by atoms with Crippen LogP contribution in [-0.4, -0.2) is 24.3 Å². The lowest BCUT2D eigenvalue weighted by Gasteiger charge is -2.15. The Morgan fingerprint density at radius 1 is 0.467 bits per heavy atom. The number of hydrogen-bond acceptors (Lipinski definition) is 4. The number of hydrogen-bond donors (Lipinski definition) is 0. The van der Waals surface area contributed by atoms with Crippen LogP contribution in [0.2, 0.25) is 0 Å². The van der Waals surface area contributed by atoms with E-state index in [1.54, 1.807) is 0 Å². The average molecular weight is 574 g/mol. The van der Waals surface area contributed by atoms with E-state index in [-0.39, 0.29) is 0 Å². The number of imidazole rings is 1. The molecule has 0 spiro atoms. The van der Waals surface area contributed by atoms with Crippen LogP contribution in [-0.2, 0) is 0 Å². The van der Waals surface area contributed by atoms with Crippen LogP contribution < -0.4 is 0 Å². The summed E-state index contributed by atoms with van der Waals surface area (Å²) in [6.07, 6.45) is 3.71. The van der Waals surface area contributed by atoms with Gasteiger partial charge in [0.15, 0.2) is 0 Å². The quantitative estimate of drug-likeness (QED) is 0.193. The van der Waals surface area contributed by atoms with Crippen LogP contribution in [0.4, 0.5) is 0 Å². The third-order valence-corrected chi connectivity index (χ3v) is 9.04. The van der Waals surface area contributed by atoms with Gasteiger partial charge in [0.1, 0.15) is 5.65 Å². The topological polar surface area (TPSA) is 56.0 Å². The van der Waals surface area contributed by atoms with Crippen molar-refractivity contribution < 1.29 is 0 Å². The molecule has 5 aromatic heterocycles. The summed E-state index contributed by atoms with van der Waals surface area (Å²) in [4.78, 5) is 19.8. The van der Waals surface area contributed by atoms with E-state index < -0.39 is 0 Å². The maximum atomic E-state index is 5.16. The van der Waals surface area contributed by atoms with Gasteiger partial charge in [-0.05, 0) is 64.4 Å². The van der Waals surface area contributed by atoms with Crippen LogP contribution in [0.5, 0.6) is 0 Å². The van der Waals surface area contributed by atoms with Crippen molar-refractivity contribution in [2.45, 2.75) is 0 Å². The summed E-state index contributed by atoms with van der Waals surface area (Å²) < 4.78 is 2.26. The molecule has 0 atom stereocenters. The first kappa shape index (κ1) is 24.3. The van der Waals surface area contributed by atoms with Crippen molar-refractivity contribution in [1.29, 1.82) is 0 Å². The van der Waals surface area contributed by atoms with E-state index in [2.05, 4.69) is 119 Å². The van der Waals surface area contributed by atoms with E-state index in [1.165, 1.54) is 10.9 Å². The van der Waals surface area contributed by atoms with E-state index in [1.807, 2.05) is 30.6 Å². The third-order valence-electron chi connectivity index (χ3n) is 9.04. The van der Waals surface area contributed by atoms with Gasteiger partial charge in [-0.1, -0.05) is 84.9 Å². The number of pyridine rings is 4. The Hall–Kier alpha value is -6.20. The van der Waals surface area contributed by atoms with Gasteiger partial charge in [-0.15, -0.1) is 0 Å². The minimum Gasteiger partial charge on any atom is -0.290 e. The molecule has 0 saturated carbocycles. The molecule has 10 aromatic rings. The molecule has 0 aliphatic rings. The van der Waals surface area contributed by atoms with Crippen LogP contribution in [0.25, 0.3) is 93.4 Å². The Bertz CT molecular complexity index is 2810. The van der Waals surface area contributed by atoms with Gasteiger partial charge in [0.05, 0.1) is 38.8 Å². The Morgan fingerprint density at radius 2 is 1.16 bits per heavy atom. The Kier molecular flexibility index (Phi) is 4.93. The molecule has 0 saturated heterocycles. The lowest BCUT2D eigenvalue weighted by molar-refractivity contribution is 1.29. The molecule has 10 rings (SSSR count). The molecule has 0 fully saturated rings. The number of aromatic nitrogens is 5. The predicted octanol–water partition coefficient (Wildman–Crippen LogP) is 9.77. The van der Waals surface area contributed by atoms with Crippen molar-refractivity contribution in [2.24, 2.45) is 0 Å². The van der Waals surface area contributed by atoms with Crippen molar-refractivity contribution in [1.82, 2.24) is 24.3 Å². The van der Waals surface area contributed by atoms with Crippen LogP contribution in [0.1, 0.15) is 0 Å². The van der Waals surface area contributed by atoms with Gasteiger partial charge in [-0.25, -0.2) is 9.97 Å². The molecule has 0 aliphatic carbocycles. The highest BCUT2D eigenvalue weighted by Gasteiger charge is 2.19. The molecule has 5 heterocycles. The molecule has 45 heavy (non-hydrogen) atoms. The standard InChI is InChI=1S/C40H23N5/c1-2-9-29-28(8-1)30(23-31-36(29)40-44-33-10-3-4-11-34(33)45(40)35-12-6-22-42-39(31)35)24-13-15-25(16-14-24)32-20-19-27-18-17-26-7-5-21-41-37(26)38(27)43-32/h1-23H. The number of benzene rings is 5. The summed E-state index contributed by atoms with van der Waals surface area (Å²) in [5.41, 5.74) is 11.2. The van der Waals surface area contributed by atoms with Crippen LogP contribution in [0.3, 0.4) is 0 Å². The molecule has 5 nitrogen and oxygen atoms in total. The van der Waals surface area contributed by atoms with Gasteiger partial charge >= 0.3 is 0 Å². The van der Waals surface area contributed by atoms with Crippen molar-refractivity contribution >= 4 is 71.1 Å². The van der Waals surface area contributed by atoms with Gasteiger partial charge in [0.25, 0.3) is 0 Å². The summed E-state index contributed by atoms with van der Waals surface area (Å²) >= 11 is 0. The fourth-order valence-electron chi connectivity index (χ4n) is 6.97. The highest BCUT2D eigenvalue weighted by molar-refractivity contribution is 6.25. The maximum absolute atomic E-state index is 5.16. The summed E-state index contributed by atoms with van der Waals surface area (Å²) in [6, 6.07) is 44.6. The van der Waals surface area contributed by atoms with Crippen molar-refractivity contribution in [3.05, 3.63) is 140 Å². The molecule has 0 radical (unpaired) electrons. The normalized spacial score (nSPS) is 12.0. The zero-order chi connectivity index (χ0) is 29.5. The first-order valence-electron chi connectivity index (χ1n) is 15.1. The molecule has 0 unspecified atom stereocenters. The second kappa shape index (κ2) is 9.15. The van der Waals surface area contributed by atoms with E-state index in [4.69, 9.17) is 15.0 Å². The second-order valence-corrected chi connectivity index (χ2v) is 11.5. The first-order valence-corrected chi connectivity index (χ1v) is 15.1. The lowest BCUT2D eigenvalue weighted by atomic mass is 9.92. The molecule has 0 aliphatic heterocycles. The van der Waals surface area contributed by atoms with Crippen molar-refractivity contribution in [2.75, 3.05) is 0 Å². The molecule has 0 bridgehead atoms. The highest BCUT2D eigenvalue weighted by atomic mass is 15.0. The number of nitrogens with zero attached hydrogens (tertiary/aromatic N) is 5. The van der Waals surface area contributed by atoms with Gasteiger partial charge in [-0.2, -0.15) is 0 Å². The number of fused-ring (bicyclic) bond motifs is 13. The third kappa shape index (κ3) is 3.49. The molecule has 0 amide bonds. The Labute approximate surface area is 257 Å². The minimum absolute atomic E-state index is 0.924. The van der Waals surface area contributed by atoms with Gasteiger partial charge in [-0.3, -0.25) is 14.4 Å². The van der Waals surface area contributed by atoms with E-state index in [0.29, 0.717) is 0 Å². The SMILES string of the molecule is c1cnc2c(c1)ccc1ccc(-c3ccc(-c4cc5c6ncccc6n6c7ccccc7nc6c5c5ccccc45)cc3)nc12. The number of rotatable bonds is 2. The first-order chi connectivity index (χ1) is 22.3. The fraction of sp³-hybridized carbons (Fsp3) is 0. The van der Waals surface area contributed by atoms with Gasteiger partial charge in [0.2, 0.25) is 0 Å². The van der Waals surface area contributed by atoms with E-state index in [0.717, 1.165) is 82.5 Å². The second-order valence-electron chi connectivity index (χ2n) is 11.5. The zero-order valence-corrected chi connectivity index (χ0v) is 24.0. The van der Waals surface area contributed by atoms with Crippen LogP contribution >= 0.6 is 0 Å². The summed E-state index contributed by atoms with van der Waals surface area (Å²) in [5, 5.41) is 6.75. The van der Waals surface area contributed by atoms with Crippen molar-refractivity contribution in [3.8, 4) is 22.4 Å². The lowest BCUT2D eigenvalue weighted by Crippen LogP contribution is -1.95. The monoisotopic (exact) mass is 573 g/mol. The highest BCUT2D eigenvalue weighted by Crippen LogP contribution is 2.41. The molecule has 5 aromatic carbocycles. The van der Waals surface area contributed by atoms with E-state index >= 15 is 0 Å². The molecule has 5 heteroatoms. The Balaban J connectivity index is 1.20. The molecule has 208 valence electrons. The van der Waals surface area contributed by atoms with Crippen LogP contribution in [0, 0.1) is 0 Å². The summed E-state index contributed by atoms with van der Waals surface area (Å²) in [7, 11) is 0. The fourth-order valence-corrected chi connectivity index (χ4v) is 6.97. The average Bonchev–Trinajstić information content (AvgIpc) is 3.51. The molecular weight excluding hydrogens is 550 g/mol. The smallest absolute Gasteiger partial charge is 0.147 e. The van der Waals surface area contributed by atoms with E-state index in [9.17, 15) is 0 Å². The summed E-state index contributed by atoms with van der Waals surface area (Å²) in [5.74, 6) is 0. The van der Waals surface area contributed by atoms with Gasteiger partial charge < -0.3 is 0 Å².